The summed E-state index contributed by atoms with van der Waals surface area (Å²) in [5, 5.41) is 13.0. The first-order valence-corrected chi connectivity index (χ1v) is 9.28. The fourth-order valence-electron chi connectivity index (χ4n) is 2.72. The number of hydrogen-bond donors (Lipinski definition) is 3. The predicted octanol–water partition coefficient (Wildman–Crippen LogP) is 2.22. The lowest BCUT2D eigenvalue weighted by Crippen LogP contribution is -2.49. The molecule has 1 aliphatic rings. The van der Waals surface area contributed by atoms with Crippen LogP contribution in [0.25, 0.3) is 0 Å². The van der Waals surface area contributed by atoms with Crippen LogP contribution in [0.1, 0.15) is 12.5 Å². The number of aromatic nitrogens is 3. The van der Waals surface area contributed by atoms with Gasteiger partial charge in [-0.3, -0.25) is 5.21 Å². The van der Waals surface area contributed by atoms with Crippen LogP contribution in [0.2, 0.25) is 5.02 Å². The number of benzene rings is 1. The Labute approximate surface area is 167 Å². The molecule has 2 heterocycles. The van der Waals surface area contributed by atoms with Crippen molar-refractivity contribution in [1.82, 2.24) is 19.9 Å². The number of hydrogen-bond acceptors (Lipinski definition) is 9. The van der Waals surface area contributed by atoms with Crippen LogP contribution in [0.15, 0.2) is 24.3 Å². The van der Waals surface area contributed by atoms with Crippen molar-refractivity contribution in [1.29, 1.82) is 0 Å². The van der Waals surface area contributed by atoms with Crippen LogP contribution in [-0.2, 0) is 11.3 Å². The standard InChI is InChI=1S/C17H22ClN7O3/c1-2-28-17(26)25-9-7-24(8-10-25)16-21-14(20-15(22-16)23-27)19-11-12-3-5-13(18)6-4-12/h3-6,27H,2,7-11H2,1H3,(H2,19,20,21,22,23). The maximum Gasteiger partial charge on any atom is 0.409 e. The minimum atomic E-state index is -0.319. The number of ether oxygens (including phenoxy) is 1. The highest BCUT2D eigenvalue weighted by atomic mass is 35.5. The number of carbonyl (C=O) groups is 1. The lowest BCUT2D eigenvalue weighted by Gasteiger charge is -2.34. The molecule has 11 heteroatoms. The second-order valence-electron chi connectivity index (χ2n) is 6.05. The third-order valence-corrected chi connectivity index (χ3v) is 4.43. The number of piperazine rings is 1. The van der Waals surface area contributed by atoms with E-state index in [0.717, 1.165) is 5.56 Å². The molecule has 0 bridgehead atoms. The van der Waals surface area contributed by atoms with E-state index in [-0.39, 0.29) is 12.0 Å². The zero-order valence-electron chi connectivity index (χ0n) is 15.4. The van der Waals surface area contributed by atoms with E-state index >= 15 is 0 Å². The Morgan fingerprint density at radius 3 is 2.46 bits per heavy atom. The van der Waals surface area contributed by atoms with Crippen molar-refractivity contribution in [3.05, 3.63) is 34.9 Å². The zero-order valence-corrected chi connectivity index (χ0v) is 16.2. The van der Waals surface area contributed by atoms with Crippen LogP contribution < -0.4 is 15.7 Å². The molecule has 0 unspecified atom stereocenters. The Bertz CT molecular complexity index is 798. The van der Waals surface area contributed by atoms with Gasteiger partial charge in [0.15, 0.2) is 0 Å². The van der Waals surface area contributed by atoms with Crippen LogP contribution in [-0.4, -0.2) is 63.9 Å². The third-order valence-electron chi connectivity index (χ3n) is 4.18. The molecule has 150 valence electrons. The van der Waals surface area contributed by atoms with Crippen molar-refractivity contribution in [2.45, 2.75) is 13.5 Å². The van der Waals surface area contributed by atoms with Gasteiger partial charge < -0.3 is 19.9 Å². The smallest absolute Gasteiger partial charge is 0.409 e. The fourth-order valence-corrected chi connectivity index (χ4v) is 2.85. The van der Waals surface area contributed by atoms with Gasteiger partial charge in [0, 0.05) is 37.7 Å². The number of nitrogens with one attached hydrogen (secondary N) is 2. The molecular formula is C17H22ClN7O3. The number of halogens is 1. The topological polar surface area (TPSA) is 116 Å². The molecule has 10 nitrogen and oxygen atoms in total. The normalized spacial score (nSPS) is 14.0. The first-order valence-electron chi connectivity index (χ1n) is 8.90. The molecule has 0 saturated carbocycles. The predicted molar refractivity (Wildman–Crippen MR) is 105 cm³/mol. The second-order valence-corrected chi connectivity index (χ2v) is 6.48. The number of amides is 1. The van der Waals surface area contributed by atoms with Crippen molar-refractivity contribution < 1.29 is 14.7 Å². The third kappa shape index (κ3) is 5.11. The van der Waals surface area contributed by atoms with Gasteiger partial charge in [0.2, 0.25) is 11.9 Å². The highest BCUT2D eigenvalue weighted by Crippen LogP contribution is 2.17. The Morgan fingerprint density at radius 1 is 1.14 bits per heavy atom. The van der Waals surface area contributed by atoms with Crippen LogP contribution >= 0.6 is 11.6 Å². The van der Waals surface area contributed by atoms with Gasteiger partial charge in [-0.1, -0.05) is 23.7 Å². The SMILES string of the molecule is CCOC(=O)N1CCN(c2nc(NO)nc(NCc3ccc(Cl)cc3)n2)CC1. The van der Waals surface area contributed by atoms with E-state index in [1.807, 2.05) is 22.5 Å². The van der Waals surface area contributed by atoms with Crippen LogP contribution in [0.5, 0.6) is 0 Å². The second kappa shape index (κ2) is 9.38. The van der Waals surface area contributed by atoms with Gasteiger partial charge in [0.1, 0.15) is 0 Å². The van der Waals surface area contributed by atoms with Gasteiger partial charge >= 0.3 is 6.09 Å². The summed E-state index contributed by atoms with van der Waals surface area (Å²) in [6, 6.07) is 7.41. The van der Waals surface area contributed by atoms with Crippen LogP contribution in [0, 0.1) is 0 Å². The summed E-state index contributed by atoms with van der Waals surface area (Å²) in [6.07, 6.45) is -0.319. The monoisotopic (exact) mass is 407 g/mol. The summed E-state index contributed by atoms with van der Waals surface area (Å²) in [4.78, 5) is 28.1. The van der Waals surface area contributed by atoms with Crippen molar-refractivity contribution in [3.8, 4) is 0 Å². The maximum absolute atomic E-state index is 11.8. The quantitative estimate of drug-likeness (QED) is 0.619. The average molecular weight is 408 g/mol. The van der Waals surface area contributed by atoms with Crippen LogP contribution in [0.3, 0.4) is 0 Å². The summed E-state index contributed by atoms with van der Waals surface area (Å²) in [7, 11) is 0. The van der Waals surface area contributed by atoms with Crippen molar-refractivity contribution in [3.63, 3.8) is 0 Å². The molecule has 0 spiro atoms. The molecule has 1 saturated heterocycles. The minimum Gasteiger partial charge on any atom is -0.450 e. The van der Waals surface area contributed by atoms with E-state index < -0.39 is 0 Å². The summed E-state index contributed by atoms with van der Waals surface area (Å²) in [6.45, 7) is 4.71. The van der Waals surface area contributed by atoms with Crippen molar-refractivity contribution >= 4 is 35.5 Å². The number of anilines is 3. The van der Waals surface area contributed by atoms with E-state index in [4.69, 9.17) is 16.3 Å². The Morgan fingerprint density at radius 2 is 1.82 bits per heavy atom. The van der Waals surface area contributed by atoms with E-state index in [1.165, 1.54) is 0 Å². The zero-order chi connectivity index (χ0) is 19.9. The first kappa shape index (κ1) is 19.9. The molecule has 1 fully saturated rings. The van der Waals surface area contributed by atoms with E-state index in [1.54, 1.807) is 24.0 Å². The highest BCUT2D eigenvalue weighted by Gasteiger charge is 2.24. The van der Waals surface area contributed by atoms with Crippen molar-refractivity contribution in [2.24, 2.45) is 0 Å². The van der Waals surface area contributed by atoms with Gasteiger partial charge in [-0.25, -0.2) is 10.3 Å². The molecule has 0 atom stereocenters. The molecule has 1 amide bonds. The number of carbonyl (C=O) groups excluding carboxylic acids is 1. The van der Waals surface area contributed by atoms with E-state index in [0.29, 0.717) is 56.2 Å². The number of nitrogens with zero attached hydrogens (tertiary/aromatic N) is 5. The Kier molecular flexibility index (Phi) is 6.66. The fraction of sp³-hybridized carbons (Fsp3) is 0.412. The van der Waals surface area contributed by atoms with Gasteiger partial charge in [-0.2, -0.15) is 15.0 Å². The molecule has 0 aliphatic carbocycles. The largest absolute Gasteiger partial charge is 0.450 e. The van der Waals surface area contributed by atoms with Gasteiger partial charge in [-0.15, -0.1) is 0 Å². The minimum absolute atomic E-state index is 0.0384. The number of rotatable bonds is 6. The summed E-state index contributed by atoms with van der Waals surface area (Å²) in [5.74, 6) is 0.773. The Balaban J connectivity index is 1.66. The molecule has 0 radical (unpaired) electrons. The first-order chi connectivity index (χ1) is 13.6. The molecule has 1 aromatic heterocycles. The van der Waals surface area contributed by atoms with Crippen molar-refractivity contribution in [2.75, 3.05) is 48.5 Å². The van der Waals surface area contributed by atoms with E-state index in [2.05, 4.69) is 20.3 Å². The molecule has 3 N–H and O–H groups in total. The molecule has 3 rings (SSSR count). The van der Waals surface area contributed by atoms with Gasteiger partial charge in [0.05, 0.1) is 6.61 Å². The Hall–Kier alpha value is -2.85. The molecule has 28 heavy (non-hydrogen) atoms. The highest BCUT2D eigenvalue weighted by molar-refractivity contribution is 6.30. The molecule has 1 aliphatic heterocycles. The lowest BCUT2D eigenvalue weighted by molar-refractivity contribution is 0.105. The summed E-state index contributed by atoms with van der Waals surface area (Å²) < 4.78 is 5.03. The van der Waals surface area contributed by atoms with Gasteiger partial charge in [0.25, 0.3) is 5.95 Å². The summed E-state index contributed by atoms with van der Waals surface area (Å²) >= 11 is 5.90. The van der Waals surface area contributed by atoms with Crippen LogP contribution in [0.4, 0.5) is 22.6 Å². The van der Waals surface area contributed by atoms with E-state index in [9.17, 15) is 10.0 Å². The average Bonchev–Trinajstić information content (AvgIpc) is 2.73. The van der Waals surface area contributed by atoms with Gasteiger partial charge in [-0.05, 0) is 24.6 Å². The molecule has 1 aromatic carbocycles. The maximum atomic E-state index is 11.8. The molecule has 2 aromatic rings. The molecular weight excluding hydrogens is 386 g/mol. The lowest BCUT2D eigenvalue weighted by atomic mass is 10.2. The summed E-state index contributed by atoms with van der Waals surface area (Å²) in [5.41, 5.74) is 2.97.